The first kappa shape index (κ1) is 42.6. The number of rotatable bonds is 7. The molecule has 69 heavy (non-hydrogen) atoms. The maximum atomic E-state index is 7.55. The Morgan fingerprint density at radius 1 is 0.261 bits per heavy atom. The van der Waals surface area contributed by atoms with Crippen LogP contribution >= 0.6 is 0 Å². The van der Waals surface area contributed by atoms with Gasteiger partial charge in [-0.25, -0.2) is 0 Å². The van der Waals surface area contributed by atoms with Gasteiger partial charge in [0.1, 0.15) is 54.9 Å². The first-order chi connectivity index (χ1) is 33.7. The van der Waals surface area contributed by atoms with E-state index in [1.807, 2.05) is 53.1 Å². The summed E-state index contributed by atoms with van der Waals surface area (Å²) in [4.78, 5) is 0. The number of para-hydroxylation sites is 1. The van der Waals surface area contributed by atoms with Crippen molar-refractivity contribution in [2.75, 3.05) is 0 Å². The van der Waals surface area contributed by atoms with Gasteiger partial charge in [0.05, 0.1) is 22.4 Å². The Morgan fingerprint density at radius 2 is 0.681 bits per heavy atom. The highest BCUT2D eigenvalue weighted by Crippen LogP contribution is 2.41. The largest absolute Gasteiger partial charge is 0.310 e. The molecule has 2 heterocycles. The molecule has 14 radical (unpaired) electrons. The summed E-state index contributed by atoms with van der Waals surface area (Å²) in [7, 11) is 49.8. The van der Waals surface area contributed by atoms with Gasteiger partial charge in [-0.1, -0.05) is 185 Å². The van der Waals surface area contributed by atoms with E-state index in [4.69, 9.17) is 54.9 Å². The summed E-state index contributed by atoms with van der Waals surface area (Å²) in [6, 6.07) is 69.2. The van der Waals surface area contributed by atoms with Crippen LogP contribution in [-0.2, 0) is 0 Å². The average molecular weight is 858 g/mol. The predicted octanol–water partition coefficient (Wildman–Crippen LogP) is 7.77. The Balaban J connectivity index is 1.15. The number of hydrogen-bond donors (Lipinski definition) is 0. The van der Waals surface area contributed by atoms with Crippen LogP contribution in [0.2, 0.25) is 0 Å². The molecule has 0 saturated heterocycles. The second kappa shape index (κ2) is 16.8. The molecule has 0 unspecified atom stereocenters. The highest BCUT2D eigenvalue weighted by Gasteiger charge is 2.26. The van der Waals surface area contributed by atoms with Gasteiger partial charge in [0, 0.05) is 38.3 Å². The van der Waals surface area contributed by atoms with Gasteiger partial charge in [-0.2, -0.15) is 0 Å². The summed E-state index contributed by atoms with van der Waals surface area (Å²) >= 11 is 0. The second-order valence-electron chi connectivity index (χ2n) is 17.6. The van der Waals surface area contributed by atoms with Crippen LogP contribution in [-0.4, -0.2) is 64.1 Å². The Bertz CT molecular complexity index is 4010. The van der Waals surface area contributed by atoms with Crippen LogP contribution in [0, 0.1) is 0 Å². The summed E-state index contributed by atoms with van der Waals surface area (Å²) in [5.41, 5.74) is 16.5. The molecule has 0 aliphatic heterocycles. The molecule has 0 bridgehead atoms. The van der Waals surface area contributed by atoms with Crippen molar-refractivity contribution in [1.82, 2.24) is 9.13 Å². The summed E-state index contributed by atoms with van der Waals surface area (Å²) in [5.74, 6) is 0. The molecule has 0 amide bonds. The third kappa shape index (κ3) is 6.73. The zero-order valence-corrected chi connectivity index (χ0v) is 37.5. The quantitative estimate of drug-likeness (QED) is 0.145. The minimum absolute atomic E-state index is 0.164. The third-order valence-corrected chi connectivity index (χ3v) is 13.7. The van der Waals surface area contributed by atoms with Crippen LogP contribution < -0.4 is 38.2 Å². The number of fused-ring (bicyclic) bond motifs is 6. The number of hydrogen-bond acceptors (Lipinski definition) is 0. The van der Waals surface area contributed by atoms with Crippen molar-refractivity contribution in [2.24, 2.45) is 0 Å². The van der Waals surface area contributed by atoms with Crippen molar-refractivity contribution >= 4 is 137 Å². The average Bonchev–Trinajstić information content (AvgIpc) is 3.93. The maximum absolute atomic E-state index is 7.55. The molecular weight excluding hydrogens is 824 g/mol. The van der Waals surface area contributed by atoms with Crippen LogP contribution in [0.3, 0.4) is 0 Å². The van der Waals surface area contributed by atoms with Crippen LogP contribution in [0.5, 0.6) is 0 Å². The SMILES string of the molecule is [B]c1c([B])c([B])c2c(c1[B])c1c([B])c(-c3ccc4c(c3)c3cc(-c5ccccc5)ccc3n4-c3ccccc3-c3ccccc3)c([B])c([B])c1n2-c1ccc(-c2ccccc2)cc1-c1ccccc1. The van der Waals surface area contributed by atoms with E-state index in [0.29, 0.717) is 43.8 Å². The lowest BCUT2D eigenvalue weighted by Gasteiger charge is -2.21. The maximum Gasteiger partial charge on any atom is 0.115 e. The van der Waals surface area contributed by atoms with Gasteiger partial charge in [0.2, 0.25) is 0 Å². The van der Waals surface area contributed by atoms with E-state index < -0.39 is 0 Å². The van der Waals surface area contributed by atoms with Crippen molar-refractivity contribution in [3.05, 3.63) is 200 Å². The van der Waals surface area contributed by atoms with E-state index in [-0.39, 0.29) is 21.9 Å². The Labute approximate surface area is 410 Å². The van der Waals surface area contributed by atoms with Gasteiger partial charge in [0.25, 0.3) is 0 Å². The van der Waals surface area contributed by atoms with Gasteiger partial charge < -0.3 is 9.13 Å². The molecule has 12 rings (SSSR count). The first-order valence-corrected chi connectivity index (χ1v) is 22.8. The monoisotopic (exact) mass is 858 g/mol. The van der Waals surface area contributed by atoms with E-state index in [2.05, 4.69) is 156 Å². The standard InChI is InChI=1S/C60H33B7N2/c61-52-49(40-27-30-48-44(33-40)43-32-39(35-17-7-2-8-18-35)26-29-47(43)68(48)45-24-14-13-23-41(45)36-19-9-3-10-20-36)53(62)57(66)59-50(52)51-54(63)55(64)56(65)58(67)60(51)69(59)46-28-25-38(34-15-5-1-6-16-34)31-42(46)37-21-11-4-12-22-37/h1-33H. The summed E-state index contributed by atoms with van der Waals surface area (Å²) in [6.07, 6.45) is 0. The first-order valence-electron chi connectivity index (χ1n) is 22.8. The van der Waals surface area contributed by atoms with Crippen LogP contribution in [0.4, 0.5) is 0 Å². The van der Waals surface area contributed by atoms with Crippen molar-refractivity contribution in [3.63, 3.8) is 0 Å². The van der Waals surface area contributed by atoms with E-state index in [1.54, 1.807) is 0 Å². The van der Waals surface area contributed by atoms with E-state index >= 15 is 0 Å². The fourth-order valence-corrected chi connectivity index (χ4v) is 10.4. The molecule has 0 aliphatic rings. The van der Waals surface area contributed by atoms with E-state index in [1.165, 1.54) is 0 Å². The lowest BCUT2D eigenvalue weighted by Crippen LogP contribution is -2.48. The summed E-state index contributed by atoms with van der Waals surface area (Å²) in [6.45, 7) is 0. The van der Waals surface area contributed by atoms with Crippen LogP contribution in [0.1, 0.15) is 0 Å². The fraction of sp³-hybridized carbons (Fsp3) is 0. The van der Waals surface area contributed by atoms with Crippen molar-refractivity contribution in [1.29, 1.82) is 0 Å². The highest BCUT2D eigenvalue weighted by molar-refractivity contribution is 6.69. The minimum atomic E-state index is 0.164. The summed E-state index contributed by atoms with van der Waals surface area (Å²) < 4.78 is 4.34. The third-order valence-electron chi connectivity index (χ3n) is 13.7. The van der Waals surface area contributed by atoms with Crippen LogP contribution in [0.25, 0.3) is 111 Å². The van der Waals surface area contributed by atoms with Gasteiger partial charge in [-0.15, -0.1) is 10.9 Å². The predicted molar refractivity (Wildman–Crippen MR) is 300 cm³/mol. The van der Waals surface area contributed by atoms with Gasteiger partial charge >= 0.3 is 0 Å². The molecule has 2 nitrogen and oxygen atoms in total. The molecule has 12 aromatic rings. The van der Waals surface area contributed by atoms with Crippen molar-refractivity contribution in [3.8, 4) is 67.0 Å². The topological polar surface area (TPSA) is 9.86 Å². The lowest BCUT2D eigenvalue weighted by atomic mass is 9.64. The lowest BCUT2D eigenvalue weighted by molar-refractivity contribution is 1.18. The number of nitrogens with zero attached hydrogens (tertiary/aromatic N) is 2. The van der Waals surface area contributed by atoms with Gasteiger partial charge in [-0.05, 0) is 92.4 Å². The molecule has 0 aliphatic carbocycles. The zero-order valence-electron chi connectivity index (χ0n) is 37.5. The Morgan fingerprint density at radius 3 is 1.28 bits per heavy atom. The molecule has 304 valence electrons. The van der Waals surface area contributed by atoms with E-state index in [9.17, 15) is 0 Å². The number of aromatic nitrogens is 2. The summed E-state index contributed by atoms with van der Waals surface area (Å²) in [5, 5.41) is 3.18. The second-order valence-corrected chi connectivity index (χ2v) is 17.6. The smallest absolute Gasteiger partial charge is 0.115 e. The zero-order chi connectivity index (χ0) is 47.1. The Hall–Kier alpha value is -7.75. The highest BCUT2D eigenvalue weighted by atomic mass is 15.0. The van der Waals surface area contributed by atoms with Crippen molar-refractivity contribution < 1.29 is 0 Å². The van der Waals surface area contributed by atoms with E-state index in [0.717, 1.165) is 83.3 Å². The molecule has 0 fully saturated rings. The van der Waals surface area contributed by atoms with Gasteiger partial charge in [0.15, 0.2) is 0 Å². The van der Waals surface area contributed by atoms with Crippen molar-refractivity contribution in [2.45, 2.75) is 0 Å². The van der Waals surface area contributed by atoms with Crippen LogP contribution in [0.15, 0.2) is 200 Å². The number of benzene rings is 10. The molecule has 10 aromatic carbocycles. The molecule has 2 aromatic heterocycles. The normalized spacial score (nSPS) is 11.6. The molecule has 9 heteroatoms. The molecule has 0 N–H and O–H groups in total. The minimum Gasteiger partial charge on any atom is -0.310 e. The molecule has 0 spiro atoms. The fourth-order valence-electron chi connectivity index (χ4n) is 10.4. The molecule has 0 atom stereocenters. The molecular formula is C60H33B7N2. The molecule has 0 saturated carbocycles. The Kier molecular flexibility index (Phi) is 10.4. The van der Waals surface area contributed by atoms with Gasteiger partial charge in [-0.3, -0.25) is 0 Å².